The molecule has 0 saturated carbocycles. The SMILES string of the molecule is COC(=O)C(C)=CCNCC(C)(C)CCCO. The summed E-state index contributed by atoms with van der Waals surface area (Å²) in [7, 11) is 1.38. The molecule has 0 aromatic heterocycles. The number of carbonyl (C=O) groups is 1. The lowest BCUT2D eigenvalue weighted by Crippen LogP contribution is -2.30. The van der Waals surface area contributed by atoms with E-state index in [4.69, 9.17) is 5.11 Å². The van der Waals surface area contributed by atoms with Crippen LogP contribution in [0.25, 0.3) is 0 Å². The minimum Gasteiger partial charge on any atom is -0.466 e. The van der Waals surface area contributed by atoms with Gasteiger partial charge in [0.1, 0.15) is 0 Å². The summed E-state index contributed by atoms with van der Waals surface area (Å²) in [6.45, 7) is 7.82. The number of ether oxygens (including phenoxy) is 1. The van der Waals surface area contributed by atoms with Crippen molar-refractivity contribution in [2.24, 2.45) is 5.41 Å². The predicted octanol–water partition coefficient (Wildman–Crippen LogP) is 1.49. The Morgan fingerprint density at radius 3 is 2.65 bits per heavy atom. The molecule has 0 unspecified atom stereocenters. The van der Waals surface area contributed by atoms with E-state index in [9.17, 15) is 4.79 Å². The Morgan fingerprint density at radius 1 is 1.47 bits per heavy atom. The van der Waals surface area contributed by atoms with Gasteiger partial charge in [-0.25, -0.2) is 4.79 Å². The van der Waals surface area contributed by atoms with Crippen molar-refractivity contribution in [1.29, 1.82) is 0 Å². The molecule has 0 aliphatic rings. The number of aliphatic hydroxyl groups excluding tert-OH is 1. The van der Waals surface area contributed by atoms with Crippen molar-refractivity contribution >= 4 is 5.97 Å². The van der Waals surface area contributed by atoms with Crippen LogP contribution < -0.4 is 5.32 Å². The average molecular weight is 243 g/mol. The van der Waals surface area contributed by atoms with Crippen LogP contribution in [0.2, 0.25) is 0 Å². The lowest BCUT2D eigenvalue weighted by Gasteiger charge is -2.24. The summed E-state index contributed by atoms with van der Waals surface area (Å²) >= 11 is 0. The molecular formula is C13H25NO3. The molecule has 0 bridgehead atoms. The van der Waals surface area contributed by atoms with Gasteiger partial charge >= 0.3 is 5.97 Å². The third kappa shape index (κ3) is 7.94. The molecule has 0 spiro atoms. The average Bonchev–Trinajstić information content (AvgIpc) is 2.30. The van der Waals surface area contributed by atoms with Gasteiger partial charge in [0.05, 0.1) is 7.11 Å². The van der Waals surface area contributed by atoms with Crippen LogP contribution in [0, 0.1) is 5.41 Å². The van der Waals surface area contributed by atoms with Gasteiger partial charge in [-0.05, 0) is 25.2 Å². The van der Waals surface area contributed by atoms with E-state index in [1.165, 1.54) is 7.11 Å². The third-order valence-corrected chi connectivity index (χ3v) is 2.68. The van der Waals surface area contributed by atoms with Crippen LogP contribution in [0.5, 0.6) is 0 Å². The maximum Gasteiger partial charge on any atom is 0.333 e. The third-order valence-electron chi connectivity index (χ3n) is 2.68. The molecule has 100 valence electrons. The Morgan fingerprint density at radius 2 is 2.12 bits per heavy atom. The van der Waals surface area contributed by atoms with Gasteiger partial charge < -0.3 is 15.2 Å². The zero-order valence-electron chi connectivity index (χ0n) is 11.4. The topological polar surface area (TPSA) is 58.6 Å². The number of rotatable bonds is 8. The minimum atomic E-state index is -0.286. The van der Waals surface area contributed by atoms with E-state index in [2.05, 4.69) is 23.9 Å². The van der Waals surface area contributed by atoms with Crippen LogP contribution >= 0.6 is 0 Å². The van der Waals surface area contributed by atoms with Gasteiger partial charge in [-0.1, -0.05) is 19.9 Å². The lowest BCUT2D eigenvalue weighted by molar-refractivity contribution is -0.136. The number of hydrogen-bond donors (Lipinski definition) is 2. The van der Waals surface area contributed by atoms with Gasteiger partial charge in [0.2, 0.25) is 0 Å². The number of esters is 1. The van der Waals surface area contributed by atoms with Crippen molar-refractivity contribution in [1.82, 2.24) is 5.32 Å². The first-order valence-electron chi connectivity index (χ1n) is 5.99. The molecule has 0 amide bonds. The smallest absolute Gasteiger partial charge is 0.333 e. The summed E-state index contributed by atoms with van der Waals surface area (Å²) in [5.74, 6) is -0.286. The Balaban J connectivity index is 3.87. The maximum atomic E-state index is 11.1. The van der Waals surface area contributed by atoms with E-state index >= 15 is 0 Å². The molecule has 0 aromatic rings. The quantitative estimate of drug-likeness (QED) is 0.385. The Bertz CT molecular complexity index is 259. The van der Waals surface area contributed by atoms with E-state index in [1.54, 1.807) is 6.92 Å². The van der Waals surface area contributed by atoms with Gasteiger partial charge in [0, 0.05) is 25.3 Å². The van der Waals surface area contributed by atoms with E-state index in [1.807, 2.05) is 6.08 Å². The summed E-state index contributed by atoms with van der Waals surface area (Å²) in [5, 5.41) is 12.1. The van der Waals surface area contributed by atoms with Crippen molar-refractivity contribution in [3.8, 4) is 0 Å². The first-order valence-corrected chi connectivity index (χ1v) is 5.99. The van der Waals surface area contributed by atoms with Gasteiger partial charge in [-0.2, -0.15) is 0 Å². The molecular weight excluding hydrogens is 218 g/mol. The first-order chi connectivity index (χ1) is 7.93. The van der Waals surface area contributed by atoms with Crippen LogP contribution in [0.4, 0.5) is 0 Å². The predicted molar refractivity (Wildman–Crippen MR) is 68.7 cm³/mol. The van der Waals surface area contributed by atoms with Crippen LogP contribution in [-0.2, 0) is 9.53 Å². The second-order valence-corrected chi connectivity index (χ2v) is 5.00. The molecule has 0 fully saturated rings. The fraction of sp³-hybridized carbons (Fsp3) is 0.769. The Kier molecular flexibility index (Phi) is 7.83. The molecule has 4 nitrogen and oxygen atoms in total. The first kappa shape index (κ1) is 16.1. The number of aliphatic hydroxyl groups is 1. The van der Waals surface area contributed by atoms with E-state index in [0.29, 0.717) is 12.1 Å². The molecule has 0 saturated heterocycles. The second-order valence-electron chi connectivity index (χ2n) is 5.00. The molecule has 0 aliphatic heterocycles. The van der Waals surface area contributed by atoms with Crippen molar-refractivity contribution in [3.63, 3.8) is 0 Å². The van der Waals surface area contributed by atoms with Gasteiger partial charge in [-0.15, -0.1) is 0 Å². The van der Waals surface area contributed by atoms with Crippen LogP contribution in [0.15, 0.2) is 11.6 Å². The van der Waals surface area contributed by atoms with Crippen molar-refractivity contribution in [3.05, 3.63) is 11.6 Å². The molecule has 2 N–H and O–H groups in total. The maximum absolute atomic E-state index is 11.1. The fourth-order valence-corrected chi connectivity index (χ4v) is 1.53. The summed E-state index contributed by atoms with van der Waals surface area (Å²) < 4.78 is 4.60. The van der Waals surface area contributed by atoms with Gasteiger partial charge in [-0.3, -0.25) is 0 Å². The zero-order chi connectivity index (χ0) is 13.3. The fourth-order valence-electron chi connectivity index (χ4n) is 1.53. The highest BCUT2D eigenvalue weighted by Gasteiger charge is 2.16. The highest BCUT2D eigenvalue weighted by Crippen LogP contribution is 2.20. The van der Waals surface area contributed by atoms with Crippen LogP contribution in [0.1, 0.15) is 33.6 Å². The monoisotopic (exact) mass is 243 g/mol. The molecule has 0 radical (unpaired) electrons. The van der Waals surface area contributed by atoms with E-state index in [0.717, 1.165) is 19.4 Å². The van der Waals surface area contributed by atoms with Crippen LogP contribution in [0.3, 0.4) is 0 Å². The Hall–Kier alpha value is -0.870. The largest absolute Gasteiger partial charge is 0.466 e. The summed E-state index contributed by atoms with van der Waals surface area (Å²) in [6.07, 6.45) is 3.63. The van der Waals surface area contributed by atoms with E-state index < -0.39 is 0 Å². The zero-order valence-corrected chi connectivity index (χ0v) is 11.4. The van der Waals surface area contributed by atoms with Crippen molar-refractivity contribution in [2.45, 2.75) is 33.6 Å². The Labute approximate surface area is 104 Å². The van der Waals surface area contributed by atoms with Gasteiger partial charge in [0.15, 0.2) is 0 Å². The standard InChI is InChI=1S/C13H25NO3/c1-11(12(16)17-4)6-8-14-10-13(2,3)7-5-9-15/h6,14-15H,5,7-10H2,1-4H3. The molecule has 0 heterocycles. The number of methoxy groups -OCH3 is 1. The highest BCUT2D eigenvalue weighted by molar-refractivity contribution is 5.87. The molecule has 0 aliphatic carbocycles. The number of hydrogen-bond acceptors (Lipinski definition) is 4. The van der Waals surface area contributed by atoms with Crippen molar-refractivity contribution in [2.75, 3.05) is 26.8 Å². The normalized spacial score (nSPS) is 12.6. The number of carbonyl (C=O) groups excluding carboxylic acids is 1. The van der Waals surface area contributed by atoms with Crippen LogP contribution in [-0.4, -0.2) is 37.9 Å². The molecule has 4 heteroatoms. The summed E-state index contributed by atoms with van der Waals surface area (Å²) in [5.41, 5.74) is 0.781. The summed E-state index contributed by atoms with van der Waals surface area (Å²) in [6, 6.07) is 0. The van der Waals surface area contributed by atoms with E-state index in [-0.39, 0.29) is 18.0 Å². The number of nitrogens with one attached hydrogen (secondary N) is 1. The molecule has 0 atom stereocenters. The van der Waals surface area contributed by atoms with Crippen molar-refractivity contribution < 1.29 is 14.6 Å². The second kappa shape index (κ2) is 8.25. The molecule has 17 heavy (non-hydrogen) atoms. The molecule has 0 aromatic carbocycles. The lowest BCUT2D eigenvalue weighted by atomic mass is 9.88. The summed E-state index contributed by atoms with van der Waals surface area (Å²) in [4.78, 5) is 11.1. The highest BCUT2D eigenvalue weighted by atomic mass is 16.5. The van der Waals surface area contributed by atoms with Gasteiger partial charge in [0.25, 0.3) is 0 Å². The molecule has 0 rings (SSSR count). The minimum absolute atomic E-state index is 0.162.